The van der Waals surface area contributed by atoms with Gasteiger partial charge in [0.25, 0.3) is 0 Å². The molecule has 2 aliphatic rings. The molecule has 2 atom stereocenters. The molecule has 0 aromatic heterocycles. The van der Waals surface area contributed by atoms with Crippen molar-refractivity contribution < 1.29 is 49.6 Å². The SMILES string of the molecule is O=C(O)CCC(=O)NCC(=O)O.O=C(O)[C@@H]1CCCN1.O=C(O)[C@@H]1CCCN1O. The first-order valence-electron chi connectivity index (χ1n) is 8.89. The summed E-state index contributed by atoms with van der Waals surface area (Å²) in [5, 5.41) is 47.6. The second-order valence-electron chi connectivity index (χ2n) is 6.21. The van der Waals surface area contributed by atoms with Crippen LogP contribution in [0.5, 0.6) is 0 Å². The molecule has 29 heavy (non-hydrogen) atoms. The molecule has 2 heterocycles. The van der Waals surface area contributed by atoms with Crippen LogP contribution >= 0.6 is 0 Å². The molecule has 0 aliphatic carbocycles. The van der Waals surface area contributed by atoms with Crippen LogP contribution in [0, 0.1) is 0 Å². The molecule has 0 aromatic rings. The number of carboxylic acids is 4. The summed E-state index contributed by atoms with van der Waals surface area (Å²) < 4.78 is 0. The van der Waals surface area contributed by atoms with Gasteiger partial charge >= 0.3 is 23.9 Å². The molecule has 0 saturated carbocycles. The summed E-state index contributed by atoms with van der Waals surface area (Å²) in [6.07, 6.45) is 2.64. The Balaban J connectivity index is 0.000000414. The molecule has 0 bridgehead atoms. The van der Waals surface area contributed by atoms with Crippen molar-refractivity contribution in [3.05, 3.63) is 0 Å². The lowest BCUT2D eigenvalue weighted by molar-refractivity contribution is -0.161. The van der Waals surface area contributed by atoms with E-state index in [-0.39, 0.29) is 18.9 Å². The van der Waals surface area contributed by atoms with Crippen LogP contribution in [0.25, 0.3) is 0 Å². The molecular formula is C16H27N3O10. The number of aliphatic carboxylic acids is 4. The van der Waals surface area contributed by atoms with Crippen molar-refractivity contribution in [2.24, 2.45) is 0 Å². The molecule has 13 heteroatoms. The Morgan fingerprint density at radius 1 is 0.897 bits per heavy atom. The quantitative estimate of drug-likeness (QED) is 0.258. The molecule has 7 N–H and O–H groups in total. The number of hydrogen-bond donors (Lipinski definition) is 7. The summed E-state index contributed by atoms with van der Waals surface area (Å²) in [4.78, 5) is 50.8. The highest BCUT2D eigenvalue weighted by Crippen LogP contribution is 2.13. The molecule has 2 saturated heterocycles. The van der Waals surface area contributed by atoms with Crippen LogP contribution in [0.3, 0.4) is 0 Å². The molecule has 0 radical (unpaired) electrons. The normalized spacial score (nSPS) is 20.4. The summed E-state index contributed by atoms with van der Waals surface area (Å²) >= 11 is 0. The van der Waals surface area contributed by atoms with Gasteiger partial charge < -0.3 is 36.3 Å². The number of hydroxylamine groups is 2. The third-order valence-corrected chi connectivity index (χ3v) is 3.87. The fourth-order valence-electron chi connectivity index (χ4n) is 2.38. The Kier molecular flexibility index (Phi) is 12.9. The van der Waals surface area contributed by atoms with E-state index in [4.69, 9.17) is 25.6 Å². The average Bonchev–Trinajstić information content (AvgIpc) is 3.30. The minimum Gasteiger partial charge on any atom is -0.481 e. The number of nitrogens with zero attached hydrogens (tertiary/aromatic N) is 1. The topological polar surface area (TPSA) is 214 Å². The van der Waals surface area contributed by atoms with Crippen LogP contribution in [0.15, 0.2) is 0 Å². The number of carboxylic acid groups (broad SMARTS) is 4. The lowest BCUT2D eigenvalue weighted by Gasteiger charge is -2.11. The minimum atomic E-state index is -1.15. The van der Waals surface area contributed by atoms with Gasteiger partial charge in [-0.25, -0.2) is 0 Å². The average molecular weight is 421 g/mol. The van der Waals surface area contributed by atoms with Crippen molar-refractivity contribution in [2.75, 3.05) is 19.6 Å². The maximum atomic E-state index is 10.6. The number of rotatable bonds is 7. The van der Waals surface area contributed by atoms with Crippen molar-refractivity contribution >= 4 is 29.8 Å². The van der Waals surface area contributed by atoms with Gasteiger partial charge in [-0.05, 0) is 32.2 Å². The highest BCUT2D eigenvalue weighted by Gasteiger charge is 2.28. The second-order valence-corrected chi connectivity index (χ2v) is 6.21. The van der Waals surface area contributed by atoms with Gasteiger partial charge in [0.15, 0.2) is 0 Å². The Hall–Kier alpha value is -2.77. The maximum absolute atomic E-state index is 10.6. The van der Waals surface area contributed by atoms with Gasteiger partial charge in [-0.1, -0.05) is 0 Å². The van der Waals surface area contributed by atoms with E-state index in [2.05, 4.69) is 5.32 Å². The molecule has 2 aliphatic heterocycles. The van der Waals surface area contributed by atoms with Crippen molar-refractivity contribution in [1.29, 1.82) is 0 Å². The monoisotopic (exact) mass is 421 g/mol. The zero-order valence-electron chi connectivity index (χ0n) is 15.7. The molecule has 0 aromatic carbocycles. The summed E-state index contributed by atoms with van der Waals surface area (Å²) in [7, 11) is 0. The highest BCUT2D eigenvalue weighted by atomic mass is 16.5. The molecule has 166 valence electrons. The molecule has 13 nitrogen and oxygen atoms in total. The lowest BCUT2D eigenvalue weighted by Crippen LogP contribution is -2.32. The van der Waals surface area contributed by atoms with E-state index in [1.54, 1.807) is 0 Å². The van der Waals surface area contributed by atoms with E-state index in [0.717, 1.165) is 30.9 Å². The number of carbonyl (C=O) groups excluding carboxylic acids is 1. The Labute approximate surface area is 166 Å². The molecule has 1 amide bonds. The Morgan fingerprint density at radius 2 is 1.55 bits per heavy atom. The van der Waals surface area contributed by atoms with Crippen LogP contribution in [0.1, 0.15) is 38.5 Å². The lowest BCUT2D eigenvalue weighted by atomic mass is 10.2. The van der Waals surface area contributed by atoms with Gasteiger partial charge in [0.2, 0.25) is 5.91 Å². The number of carbonyl (C=O) groups is 5. The predicted molar refractivity (Wildman–Crippen MR) is 95.3 cm³/mol. The second kappa shape index (κ2) is 14.3. The van der Waals surface area contributed by atoms with Gasteiger partial charge in [0.1, 0.15) is 18.6 Å². The number of amides is 1. The third-order valence-electron chi connectivity index (χ3n) is 3.87. The van der Waals surface area contributed by atoms with E-state index < -0.39 is 42.4 Å². The minimum absolute atomic E-state index is 0.192. The summed E-state index contributed by atoms with van der Waals surface area (Å²) in [6.45, 7) is 0.867. The first-order valence-corrected chi connectivity index (χ1v) is 8.89. The first-order chi connectivity index (χ1) is 13.5. The molecule has 2 rings (SSSR count). The third kappa shape index (κ3) is 13.1. The van der Waals surface area contributed by atoms with Crippen molar-refractivity contribution in [2.45, 2.75) is 50.6 Å². The first kappa shape index (κ1) is 26.2. The van der Waals surface area contributed by atoms with E-state index in [9.17, 15) is 24.0 Å². The van der Waals surface area contributed by atoms with Gasteiger partial charge in [0, 0.05) is 13.0 Å². The summed E-state index contributed by atoms with van der Waals surface area (Å²) in [5.41, 5.74) is 0. The highest BCUT2D eigenvalue weighted by molar-refractivity contribution is 5.83. The standard InChI is InChI=1S/C6H9NO5.C5H9NO3.C5H9NO2/c8-4(1-2-5(9)10)7-3-6(11)12;7-5(8)4-2-1-3-6(4)9;7-5(8)4-2-1-3-6-4/h1-3H2,(H,7,8)(H,9,10)(H,11,12);4,9H,1-3H2,(H,7,8);4,6H,1-3H2,(H,7,8)/t;2*4-/m.00/s1. The Bertz CT molecular complexity index is 557. The predicted octanol–water partition coefficient (Wildman–Crippen LogP) is -1.20. The Morgan fingerprint density at radius 3 is 1.86 bits per heavy atom. The van der Waals surface area contributed by atoms with Crippen LogP contribution < -0.4 is 10.6 Å². The van der Waals surface area contributed by atoms with Crippen LogP contribution in [0.4, 0.5) is 0 Å². The summed E-state index contributed by atoms with van der Waals surface area (Å²) in [6, 6.07) is -0.931. The van der Waals surface area contributed by atoms with Crippen molar-refractivity contribution in [3.8, 4) is 0 Å². The summed E-state index contributed by atoms with van der Waals surface area (Å²) in [5.74, 6) is -4.46. The smallest absolute Gasteiger partial charge is 0.323 e. The molecule has 2 fully saturated rings. The van der Waals surface area contributed by atoms with Crippen LogP contribution in [-0.4, -0.2) is 92.2 Å². The molecule has 0 unspecified atom stereocenters. The van der Waals surface area contributed by atoms with E-state index in [0.29, 0.717) is 13.0 Å². The molecular weight excluding hydrogens is 394 g/mol. The zero-order valence-corrected chi connectivity index (χ0v) is 15.7. The fraction of sp³-hybridized carbons (Fsp3) is 0.688. The van der Waals surface area contributed by atoms with Gasteiger partial charge in [0.05, 0.1) is 6.42 Å². The van der Waals surface area contributed by atoms with E-state index in [1.807, 2.05) is 5.32 Å². The van der Waals surface area contributed by atoms with Crippen molar-refractivity contribution in [1.82, 2.24) is 15.7 Å². The zero-order chi connectivity index (χ0) is 22.4. The fourth-order valence-corrected chi connectivity index (χ4v) is 2.38. The van der Waals surface area contributed by atoms with Gasteiger partial charge in [-0.2, -0.15) is 5.06 Å². The maximum Gasteiger partial charge on any atom is 0.323 e. The van der Waals surface area contributed by atoms with Gasteiger partial charge in [-0.3, -0.25) is 24.0 Å². The van der Waals surface area contributed by atoms with Crippen LogP contribution in [-0.2, 0) is 24.0 Å². The molecule has 0 spiro atoms. The number of nitrogens with one attached hydrogen (secondary N) is 2. The van der Waals surface area contributed by atoms with Crippen LogP contribution in [0.2, 0.25) is 0 Å². The number of hydrogen-bond acceptors (Lipinski definition) is 8. The largest absolute Gasteiger partial charge is 0.481 e. The van der Waals surface area contributed by atoms with Crippen molar-refractivity contribution in [3.63, 3.8) is 0 Å². The van der Waals surface area contributed by atoms with E-state index >= 15 is 0 Å². The van der Waals surface area contributed by atoms with E-state index in [1.165, 1.54) is 0 Å². The van der Waals surface area contributed by atoms with Gasteiger partial charge in [-0.15, -0.1) is 0 Å².